The van der Waals surface area contributed by atoms with Gasteiger partial charge in [0.2, 0.25) is 0 Å². The number of hydrogen-bond acceptors (Lipinski definition) is 9. The number of hydrogen-bond donors (Lipinski definition) is 1. The van der Waals surface area contributed by atoms with Gasteiger partial charge in [0, 0.05) is 51.4 Å². The molecular formula is C18H43NO6S2Si2. The zero-order chi connectivity index (χ0) is 22.0. The van der Waals surface area contributed by atoms with Crippen LogP contribution in [0.5, 0.6) is 0 Å². The van der Waals surface area contributed by atoms with E-state index < -0.39 is 17.6 Å². The standard InChI is InChI=1S/C18H43NO6S2Si2/c1-7-20-28(21-8-2,22-9-3)17-13-16-26-27-18(14-15-19)29(23-10-4,24-11-5)25-12-6/h18H,7-17,19H2,1-6H3. The van der Waals surface area contributed by atoms with Crippen molar-refractivity contribution in [3.05, 3.63) is 0 Å². The van der Waals surface area contributed by atoms with Crippen LogP contribution in [0.2, 0.25) is 6.04 Å². The lowest BCUT2D eigenvalue weighted by Crippen LogP contribution is -2.55. The third-order valence-corrected chi connectivity index (χ3v) is 14.5. The van der Waals surface area contributed by atoms with Crippen LogP contribution in [0, 0.1) is 0 Å². The molecule has 0 heterocycles. The molecule has 7 nitrogen and oxygen atoms in total. The third kappa shape index (κ3) is 11.3. The van der Waals surface area contributed by atoms with Crippen LogP contribution < -0.4 is 5.73 Å². The van der Waals surface area contributed by atoms with E-state index in [9.17, 15) is 0 Å². The van der Waals surface area contributed by atoms with Gasteiger partial charge in [-0.15, -0.1) is 0 Å². The summed E-state index contributed by atoms with van der Waals surface area (Å²) in [7, 11) is -1.76. The van der Waals surface area contributed by atoms with Crippen molar-refractivity contribution in [1.29, 1.82) is 0 Å². The lowest BCUT2D eigenvalue weighted by molar-refractivity contribution is 0.0688. The summed E-state index contributed by atoms with van der Waals surface area (Å²) in [4.78, 5) is 0.116. The average Bonchev–Trinajstić information content (AvgIpc) is 2.68. The Hall–Kier alpha value is 0.854. The average molecular weight is 490 g/mol. The van der Waals surface area contributed by atoms with Gasteiger partial charge < -0.3 is 32.3 Å². The minimum absolute atomic E-state index is 0.116. The Kier molecular flexibility index (Phi) is 19.0. The van der Waals surface area contributed by atoms with Gasteiger partial charge >= 0.3 is 17.6 Å². The van der Waals surface area contributed by atoms with E-state index in [1.54, 1.807) is 10.8 Å². The molecule has 0 spiro atoms. The monoisotopic (exact) mass is 489 g/mol. The van der Waals surface area contributed by atoms with Crippen molar-refractivity contribution in [2.24, 2.45) is 5.73 Å². The molecule has 29 heavy (non-hydrogen) atoms. The second-order valence-electron chi connectivity index (χ2n) is 5.97. The van der Waals surface area contributed by atoms with Crippen molar-refractivity contribution < 1.29 is 26.6 Å². The van der Waals surface area contributed by atoms with Gasteiger partial charge in [0.15, 0.2) is 0 Å². The van der Waals surface area contributed by atoms with Gasteiger partial charge in [-0.1, -0.05) is 21.6 Å². The van der Waals surface area contributed by atoms with Gasteiger partial charge in [-0.05, 0) is 60.9 Å². The summed E-state index contributed by atoms with van der Waals surface area (Å²) in [5.41, 5.74) is 5.89. The summed E-state index contributed by atoms with van der Waals surface area (Å²) in [5, 5.41) is 0. The minimum Gasteiger partial charge on any atom is -0.374 e. The van der Waals surface area contributed by atoms with Gasteiger partial charge in [0.1, 0.15) is 0 Å². The predicted molar refractivity (Wildman–Crippen MR) is 128 cm³/mol. The maximum absolute atomic E-state index is 6.08. The third-order valence-electron chi connectivity index (χ3n) is 3.85. The van der Waals surface area contributed by atoms with Crippen LogP contribution in [0.25, 0.3) is 0 Å². The molecule has 1 unspecified atom stereocenters. The zero-order valence-electron chi connectivity index (χ0n) is 19.2. The van der Waals surface area contributed by atoms with Crippen LogP contribution in [0.15, 0.2) is 0 Å². The molecule has 1 atom stereocenters. The number of rotatable bonds is 21. The first-order valence-electron chi connectivity index (χ1n) is 10.8. The smallest absolute Gasteiger partial charge is 0.374 e. The van der Waals surface area contributed by atoms with E-state index in [0.29, 0.717) is 46.2 Å². The Morgan fingerprint density at radius 2 is 1.17 bits per heavy atom. The van der Waals surface area contributed by atoms with Crippen LogP contribution in [0.1, 0.15) is 54.4 Å². The van der Waals surface area contributed by atoms with Crippen molar-refractivity contribution in [2.45, 2.75) is 65.3 Å². The Bertz CT molecular complexity index is 354. The molecule has 2 N–H and O–H groups in total. The molecule has 0 aliphatic rings. The van der Waals surface area contributed by atoms with E-state index in [0.717, 1.165) is 24.6 Å². The SMILES string of the molecule is CCO[Si](CCCSSC(CCN)[Si](OCC)(OCC)OCC)(OCC)OCC. The topological polar surface area (TPSA) is 81.4 Å². The normalized spacial score (nSPS) is 13.8. The fraction of sp³-hybridized carbons (Fsp3) is 1.00. The molecule has 0 fully saturated rings. The minimum atomic E-state index is -2.78. The summed E-state index contributed by atoms with van der Waals surface area (Å²) in [6, 6.07) is 0.822. The van der Waals surface area contributed by atoms with Gasteiger partial charge in [-0.3, -0.25) is 0 Å². The van der Waals surface area contributed by atoms with Crippen molar-refractivity contribution in [3.8, 4) is 0 Å². The molecule has 11 heteroatoms. The first-order valence-corrected chi connectivity index (χ1v) is 17.0. The fourth-order valence-electron chi connectivity index (χ4n) is 2.92. The van der Waals surface area contributed by atoms with Crippen LogP contribution in [-0.2, 0) is 26.6 Å². The molecule has 0 aliphatic carbocycles. The first-order chi connectivity index (χ1) is 14.0. The first kappa shape index (κ1) is 29.9. The summed E-state index contributed by atoms with van der Waals surface area (Å²) in [6.45, 7) is 16.0. The van der Waals surface area contributed by atoms with E-state index in [1.165, 1.54) is 0 Å². The Morgan fingerprint density at radius 1 is 0.724 bits per heavy atom. The maximum Gasteiger partial charge on any atom is 0.515 e. The molecule has 0 aromatic carbocycles. The number of nitrogens with two attached hydrogens (primary N) is 1. The predicted octanol–water partition coefficient (Wildman–Crippen LogP) is 4.11. The molecule has 176 valence electrons. The van der Waals surface area contributed by atoms with Gasteiger partial charge in [-0.25, -0.2) is 0 Å². The molecule has 0 radical (unpaired) electrons. The highest BCUT2D eigenvalue weighted by Gasteiger charge is 2.49. The second kappa shape index (κ2) is 18.4. The maximum atomic E-state index is 6.08. The highest BCUT2D eigenvalue weighted by molar-refractivity contribution is 8.77. The van der Waals surface area contributed by atoms with Crippen LogP contribution >= 0.6 is 21.6 Å². The molecule has 0 amide bonds. The fourth-order valence-corrected chi connectivity index (χ4v) is 13.3. The summed E-state index contributed by atoms with van der Waals surface area (Å²) < 4.78 is 36.1. The van der Waals surface area contributed by atoms with Crippen LogP contribution in [-0.4, -0.2) is 74.4 Å². The summed E-state index contributed by atoms with van der Waals surface area (Å²) >= 11 is 0. The Morgan fingerprint density at radius 3 is 1.55 bits per heavy atom. The molecule has 0 rings (SSSR count). The summed E-state index contributed by atoms with van der Waals surface area (Å²) in [5.74, 6) is 0.961. The van der Waals surface area contributed by atoms with Crippen LogP contribution in [0.3, 0.4) is 0 Å². The Balaban J connectivity index is 4.86. The highest BCUT2D eigenvalue weighted by Crippen LogP contribution is 2.37. The van der Waals surface area contributed by atoms with E-state index in [1.807, 2.05) is 52.3 Å². The highest BCUT2D eigenvalue weighted by atomic mass is 33.1. The van der Waals surface area contributed by atoms with Gasteiger partial charge in [0.05, 0.1) is 4.87 Å². The molecule has 0 aliphatic heterocycles. The van der Waals surface area contributed by atoms with Gasteiger partial charge in [0.25, 0.3) is 0 Å². The van der Waals surface area contributed by atoms with E-state index >= 15 is 0 Å². The molecule has 0 aromatic rings. The second-order valence-corrected chi connectivity index (χ2v) is 14.6. The van der Waals surface area contributed by atoms with E-state index in [-0.39, 0.29) is 4.87 Å². The molecule has 0 saturated heterocycles. The molecule has 0 aromatic heterocycles. The molecule has 0 bridgehead atoms. The molecular weight excluding hydrogens is 447 g/mol. The van der Waals surface area contributed by atoms with Crippen molar-refractivity contribution >= 4 is 39.2 Å². The largest absolute Gasteiger partial charge is 0.515 e. The zero-order valence-corrected chi connectivity index (χ0v) is 22.8. The van der Waals surface area contributed by atoms with Crippen LogP contribution in [0.4, 0.5) is 0 Å². The Labute approximate surface area is 188 Å². The van der Waals surface area contributed by atoms with Crippen molar-refractivity contribution in [3.63, 3.8) is 0 Å². The van der Waals surface area contributed by atoms with E-state index in [2.05, 4.69) is 0 Å². The lowest BCUT2D eigenvalue weighted by Gasteiger charge is -2.34. The lowest BCUT2D eigenvalue weighted by atomic mass is 10.5. The van der Waals surface area contributed by atoms with Crippen molar-refractivity contribution in [1.82, 2.24) is 0 Å². The van der Waals surface area contributed by atoms with Crippen molar-refractivity contribution in [2.75, 3.05) is 51.9 Å². The summed E-state index contributed by atoms with van der Waals surface area (Å²) in [6.07, 6.45) is 1.77. The quantitative estimate of drug-likeness (QED) is 0.145. The van der Waals surface area contributed by atoms with E-state index in [4.69, 9.17) is 32.3 Å². The van der Waals surface area contributed by atoms with Gasteiger partial charge in [-0.2, -0.15) is 0 Å². The molecule has 0 saturated carbocycles.